The summed E-state index contributed by atoms with van der Waals surface area (Å²) < 4.78 is 37.3. The lowest BCUT2D eigenvalue weighted by atomic mass is 9.87. The van der Waals surface area contributed by atoms with Crippen molar-refractivity contribution in [3.63, 3.8) is 0 Å². The third-order valence-corrected chi connectivity index (χ3v) is 6.98. The van der Waals surface area contributed by atoms with Gasteiger partial charge in [0.15, 0.2) is 6.23 Å². The van der Waals surface area contributed by atoms with Gasteiger partial charge in [-0.05, 0) is 52.3 Å². The maximum Gasteiger partial charge on any atom is 0.459 e. The van der Waals surface area contributed by atoms with Gasteiger partial charge in [-0.15, -0.1) is 0 Å². The molecular formula is C23H30N5O7P. The number of rotatable bonds is 10. The standard InChI is InChI=1S/C23H30N5O7P/c1-15(2)33-20(29)16(3)27-36(31,35-17-8-6-5-7-9-17)32-13-18-12-23(4,14-24)21(34-18)28-11-10-19(25)26-22(28)30/h5-11,15-16,18,21H,12-13H2,1-4H3,(H,27,31)(H2,25,26,30). The molecule has 36 heavy (non-hydrogen) atoms. The molecule has 13 heteroatoms. The number of anilines is 1. The van der Waals surface area contributed by atoms with Crippen molar-refractivity contribution in [1.82, 2.24) is 14.6 Å². The zero-order valence-corrected chi connectivity index (χ0v) is 21.4. The summed E-state index contributed by atoms with van der Waals surface area (Å²) in [5.74, 6) is -0.331. The van der Waals surface area contributed by atoms with Crippen LogP contribution in [-0.2, 0) is 23.4 Å². The molecule has 1 fully saturated rings. The van der Waals surface area contributed by atoms with E-state index in [2.05, 4.69) is 16.1 Å². The minimum Gasteiger partial charge on any atom is -0.462 e. The van der Waals surface area contributed by atoms with Crippen LogP contribution in [0.1, 0.15) is 40.3 Å². The van der Waals surface area contributed by atoms with Gasteiger partial charge in [-0.1, -0.05) is 18.2 Å². The number of para-hydroxylation sites is 1. The average Bonchev–Trinajstić information content (AvgIpc) is 3.15. The summed E-state index contributed by atoms with van der Waals surface area (Å²) in [4.78, 5) is 28.3. The number of benzene rings is 1. The molecule has 1 aromatic carbocycles. The number of carbonyl (C=O) groups is 1. The SMILES string of the molecule is CC(C)OC(=O)C(C)NP(=O)(OCC1CC(C)(C#N)C(n2ccc(N)nc2=O)O1)Oc1ccccc1. The number of esters is 1. The highest BCUT2D eigenvalue weighted by atomic mass is 31.2. The van der Waals surface area contributed by atoms with E-state index in [9.17, 15) is 19.4 Å². The fourth-order valence-electron chi connectivity index (χ4n) is 3.65. The first kappa shape index (κ1) is 27.4. The molecule has 5 unspecified atom stereocenters. The molecule has 0 spiro atoms. The first-order valence-electron chi connectivity index (χ1n) is 11.3. The molecule has 0 saturated carbocycles. The smallest absolute Gasteiger partial charge is 0.459 e. The fraction of sp³-hybridized carbons (Fsp3) is 0.478. The molecule has 3 rings (SSSR count). The molecule has 5 atom stereocenters. The van der Waals surface area contributed by atoms with Crippen LogP contribution in [0.4, 0.5) is 5.82 Å². The van der Waals surface area contributed by atoms with E-state index in [-0.39, 0.29) is 30.7 Å². The number of carbonyl (C=O) groups excluding carboxylic acids is 1. The van der Waals surface area contributed by atoms with Crippen LogP contribution in [0.5, 0.6) is 5.75 Å². The van der Waals surface area contributed by atoms with Gasteiger partial charge in [0.2, 0.25) is 0 Å². The van der Waals surface area contributed by atoms with Crippen LogP contribution in [0.3, 0.4) is 0 Å². The van der Waals surface area contributed by atoms with E-state index >= 15 is 0 Å². The first-order valence-corrected chi connectivity index (χ1v) is 12.9. The first-order chi connectivity index (χ1) is 16.9. The second kappa shape index (κ2) is 11.2. The maximum absolute atomic E-state index is 13.7. The summed E-state index contributed by atoms with van der Waals surface area (Å²) >= 11 is 0. The Morgan fingerprint density at radius 3 is 2.67 bits per heavy atom. The number of nitrogens with two attached hydrogens (primary N) is 1. The van der Waals surface area contributed by atoms with Gasteiger partial charge in [-0.2, -0.15) is 15.3 Å². The Balaban J connectivity index is 1.78. The predicted octanol–water partition coefficient (Wildman–Crippen LogP) is 2.78. The third kappa shape index (κ3) is 6.71. The number of ether oxygens (including phenoxy) is 2. The van der Waals surface area contributed by atoms with E-state index in [1.54, 1.807) is 51.1 Å². The molecule has 2 heterocycles. The molecular weight excluding hydrogens is 489 g/mol. The zero-order valence-electron chi connectivity index (χ0n) is 20.5. The monoisotopic (exact) mass is 519 g/mol. The van der Waals surface area contributed by atoms with Gasteiger partial charge >= 0.3 is 19.4 Å². The van der Waals surface area contributed by atoms with Crippen molar-refractivity contribution in [1.29, 1.82) is 5.26 Å². The average molecular weight is 519 g/mol. The number of hydrogen-bond acceptors (Lipinski definition) is 10. The number of aromatic nitrogens is 2. The van der Waals surface area contributed by atoms with Crippen LogP contribution in [0.25, 0.3) is 0 Å². The topological polar surface area (TPSA) is 168 Å². The molecule has 194 valence electrons. The Hall–Kier alpha value is -3.23. The van der Waals surface area contributed by atoms with Crippen LogP contribution in [0.2, 0.25) is 0 Å². The molecule has 0 radical (unpaired) electrons. The predicted molar refractivity (Wildman–Crippen MR) is 130 cm³/mol. The molecule has 0 amide bonds. The molecule has 0 aliphatic carbocycles. The van der Waals surface area contributed by atoms with Crippen LogP contribution in [-0.4, -0.2) is 40.4 Å². The van der Waals surface area contributed by atoms with Gasteiger partial charge in [0.1, 0.15) is 23.0 Å². The molecule has 1 aliphatic heterocycles. The lowest BCUT2D eigenvalue weighted by Crippen LogP contribution is -2.36. The number of nitrogens with zero attached hydrogens (tertiary/aromatic N) is 3. The number of nitriles is 1. The highest BCUT2D eigenvalue weighted by molar-refractivity contribution is 7.52. The molecule has 3 N–H and O–H groups in total. The Morgan fingerprint density at radius 2 is 2.06 bits per heavy atom. The minimum atomic E-state index is -4.12. The summed E-state index contributed by atoms with van der Waals surface area (Å²) in [5, 5.41) is 12.4. The molecule has 2 aromatic rings. The molecule has 0 bridgehead atoms. The Bertz CT molecular complexity index is 1220. The summed E-state index contributed by atoms with van der Waals surface area (Å²) in [7, 11) is -4.12. The van der Waals surface area contributed by atoms with Gasteiger partial charge < -0.3 is 19.7 Å². The van der Waals surface area contributed by atoms with Crippen molar-refractivity contribution in [3.05, 3.63) is 53.1 Å². The summed E-state index contributed by atoms with van der Waals surface area (Å²) in [6, 6.07) is 10.9. The highest BCUT2D eigenvalue weighted by Crippen LogP contribution is 2.48. The number of nitrogen functional groups attached to an aromatic ring is 1. The molecule has 12 nitrogen and oxygen atoms in total. The van der Waals surface area contributed by atoms with Crippen molar-refractivity contribution in [2.24, 2.45) is 5.41 Å². The molecule has 1 saturated heterocycles. The fourth-order valence-corrected chi connectivity index (χ4v) is 5.17. The van der Waals surface area contributed by atoms with Crippen LogP contribution >= 0.6 is 7.75 Å². The third-order valence-electron chi connectivity index (χ3n) is 5.33. The lowest BCUT2D eigenvalue weighted by Gasteiger charge is -2.24. The van der Waals surface area contributed by atoms with Crippen LogP contribution in [0.15, 0.2) is 47.4 Å². The van der Waals surface area contributed by atoms with E-state index < -0.39 is 43.2 Å². The van der Waals surface area contributed by atoms with Crippen molar-refractivity contribution in [3.8, 4) is 11.8 Å². The van der Waals surface area contributed by atoms with Crippen molar-refractivity contribution in [2.45, 2.75) is 58.6 Å². The second-order valence-corrected chi connectivity index (χ2v) is 10.6. The summed E-state index contributed by atoms with van der Waals surface area (Å²) in [6.07, 6.45) is -0.492. The number of nitrogens with one attached hydrogen (secondary N) is 1. The van der Waals surface area contributed by atoms with Crippen molar-refractivity contribution < 1.29 is 27.9 Å². The van der Waals surface area contributed by atoms with Gasteiger partial charge in [-0.3, -0.25) is 13.9 Å². The van der Waals surface area contributed by atoms with Gasteiger partial charge in [-0.25, -0.2) is 9.36 Å². The quantitative estimate of drug-likeness (QED) is 0.350. The van der Waals surface area contributed by atoms with Crippen molar-refractivity contribution >= 4 is 19.5 Å². The molecule has 1 aliphatic rings. The Kier molecular flexibility index (Phi) is 8.53. The van der Waals surface area contributed by atoms with Gasteiger partial charge in [0.05, 0.1) is 24.9 Å². The minimum absolute atomic E-state index is 0.0444. The van der Waals surface area contributed by atoms with Gasteiger partial charge in [0, 0.05) is 6.20 Å². The molecule has 1 aromatic heterocycles. The van der Waals surface area contributed by atoms with E-state index in [1.165, 1.54) is 23.8 Å². The normalized spacial score (nSPS) is 24.0. The summed E-state index contributed by atoms with van der Waals surface area (Å²) in [6.45, 7) is 6.26. The summed E-state index contributed by atoms with van der Waals surface area (Å²) in [5.41, 5.74) is 3.79. The van der Waals surface area contributed by atoms with Crippen LogP contribution < -0.4 is 21.0 Å². The lowest BCUT2D eigenvalue weighted by molar-refractivity contribution is -0.149. The highest BCUT2D eigenvalue weighted by Gasteiger charge is 2.48. The van der Waals surface area contributed by atoms with E-state index in [0.717, 1.165) is 0 Å². The van der Waals surface area contributed by atoms with E-state index in [0.29, 0.717) is 0 Å². The Labute approximate surface area is 208 Å². The second-order valence-electron chi connectivity index (χ2n) is 8.92. The maximum atomic E-state index is 13.7. The number of hydrogen-bond donors (Lipinski definition) is 2. The zero-order chi connectivity index (χ0) is 26.5. The van der Waals surface area contributed by atoms with Crippen LogP contribution in [0, 0.1) is 16.7 Å². The Morgan fingerprint density at radius 1 is 1.36 bits per heavy atom. The van der Waals surface area contributed by atoms with E-state index in [4.69, 9.17) is 24.3 Å². The largest absolute Gasteiger partial charge is 0.462 e. The van der Waals surface area contributed by atoms with E-state index in [1.807, 2.05) is 0 Å². The van der Waals surface area contributed by atoms with Crippen molar-refractivity contribution in [2.75, 3.05) is 12.3 Å². The van der Waals surface area contributed by atoms with Gasteiger partial charge in [0.25, 0.3) is 0 Å².